The van der Waals surface area contributed by atoms with Gasteiger partial charge in [0.25, 0.3) is 5.91 Å². The number of hydrogen-bond donors (Lipinski definition) is 1. The normalized spacial score (nSPS) is 17.1. The fraction of sp³-hybridized carbons (Fsp3) is 0.280. The summed E-state index contributed by atoms with van der Waals surface area (Å²) in [5.74, 6) is -0.804. The van der Waals surface area contributed by atoms with E-state index in [4.69, 9.17) is 9.47 Å². The van der Waals surface area contributed by atoms with Crippen molar-refractivity contribution < 1.29 is 23.9 Å². The monoisotopic (exact) mass is 462 g/mol. The average Bonchev–Trinajstić information content (AvgIpc) is 3.29. The zero-order valence-corrected chi connectivity index (χ0v) is 19.3. The molecule has 0 saturated carbocycles. The van der Waals surface area contributed by atoms with Gasteiger partial charge in [-0.15, -0.1) is 0 Å². The summed E-state index contributed by atoms with van der Waals surface area (Å²) < 4.78 is 11.6. The van der Waals surface area contributed by atoms with Gasteiger partial charge in [-0.05, 0) is 30.2 Å². The van der Waals surface area contributed by atoms with E-state index in [-0.39, 0.29) is 30.4 Å². The number of carbonyl (C=O) groups excluding carboxylic acids is 3. The molecule has 9 heteroatoms. The summed E-state index contributed by atoms with van der Waals surface area (Å²) in [4.78, 5) is 45.0. The molecule has 1 aliphatic rings. The quantitative estimate of drug-likeness (QED) is 0.541. The highest BCUT2D eigenvalue weighted by atomic mass is 16.5. The minimum atomic E-state index is -1.23. The Labute approximate surface area is 197 Å². The molecule has 0 radical (unpaired) electrons. The van der Waals surface area contributed by atoms with Crippen LogP contribution in [0.2, 0.25) is 0 Å². The van der Waals surface area contributed by atoms with Gasteiger partial charge in [0.05, 0.1) is 27.1 Å². The van der Waals surface area contributed by atoms with E-state index in [0.29, 0.717) is 12.3 Å². The Bertz CT molecular complexity index is 1210. The molecule has 0 spiro atoms. The fourth-order valence-corrected chi connectivity index (χ4v) is 4.06. The molecule has 1 atom stereocenters. The van der Waals surface area contributed by atoms with Crippen molar-refractivity contribution in [3.8, 4) is 5.75 Å². The van der Waals surface area contributed by atoms with E-state index in [1.807, 2.05) is 42.5 Å². The molecule has 0 bridgehead atoms. The molecule has 3 aromatic rings. The molecule has 2 aromatic carbocycles. The summed E-state index contributed by atoms with van der Waals surface area (Å²) in [6.45, 7) is 2.33. The first-order valence-electron chi connectivity index (χ1n) is 10.8. The molecule has 1 unspecified atom stereocenters. The van der Waals surface area contributed by atoms with Crippen LogP contribution in [0.25, 0.3) is 0 Å². The Balaban J connectivity index is 1.69. The Kier molecular flexibility index (Phi) is 6.36. The molecule has 2 heterocycles. The molecule has 34 heavy (non-hydrogen) atoms. The molecule has 1 aliphatic heterocycles. The Morgan fingerprint density at radius 1 is 1.06 bits per heavy atom. The molecule has 0 aliphatic carbocycles. The SMILES string of the molecule is COC(=O)c1ncn2c1C(=O)N(Cc1ccc(OC)cc1)C(C)(C(=O)NCc1ccccc1)C2. The van der Waals surface area contributed by atoms with E-state index in [9.17, 15) is 14.4 Å². The zero-order chi connectivity index (χ0) is 24.3. The van der Waals surface area contributed by atoms with Gasteiger partial charge >= 0.3 is 5.97 Å². The second kappa shape index (κ2) is 9.38. The van der Waals surface area contributed by atoms with Crippen LogP contribution in [0.5, 0.6) is 5.75 Å². The van der Waals surface area contributed by atoms with Crippen LogP contribution in [0.4, 0.5) is 0 Å². The number of benzene rings is 2. The third kappa shape index (κ3) is 4.24. The lowest BCUT2D eigenvalue weighted by Gasteiger charge is -2.43. The molecule has 2 amide bonds. The van der Waals surface area contributed by atoms with Gasteiger partial charge in [0.15, 0.2) is 5.69 Å². The Morgan fingerprint density at radius 3 is 2.41 bits per heavy atom. The first-order chi connectivity index (χ1) is 16.4. The van der Waals surface area contributed by atoms with Gasteiger partial charge in [0.2, 0.25) is 5.91 Å². The van der Waals surface area contributed by atoms with Crippen LogP contribution in [0, 0.1) is 0 Å². The maximum atomic E-state index is 13.7. The highest BCUT2D eigenvalue weighted by Gasteiger charge is 2.48. The van der Waals surface area contributed by atoms with Crippen molar-refractivity contribution in [2.75, 3.05) is 14.2 Å². The first kappa shape index (κ1) is 23.0. The molecule has 4 rings (SSSR count). The molecule has 1 aromatic heterocycles. The Hall–Kier alpha value is -4.14. The Morgan fingerprint density at radius 2 is 1.76 bits per heavy atom. The van der Waals surface area contributed by atoms with Crippen LogP contribution >= 0.6 is 0 Å². The third-order valence-corrected chi connectivity index (χ3v) is 6.02. The van der Waals surface area contributed by atoms with Gasteiger partial charge < -0.3 is 24.3 Å². The highest BCUT2D eigenvalue weighted by Crippen LogP contribution is 2.31. The number of fused-ring (bicyclic) bond motifs is 1. The number of esters is 1. The number of hydrogen-bond acceptors (Lipinski definition) is 6. The van der Waals surface area contributed by atoms with Gasteiger partial charge in [-0.25, -0.2) is 9.78 Å². The maximum absolute atomic E-state index is 13.7. The summed E-state index contributed by atoms with van der Waals surface area (Å²) in [6.07, 6.45) is 1.40. The smallest absolute Gasteiger partial charge is 0.359 e. The van der Waals surface area contributed by atoms with E-state index in [1.54, 1.807) is 30.7 Å². The fourth-order valence-electron chi connectivity index (χ4n) is 4.06. The van der Waals surface area contributed by atoms with Crippen LogP contribution in [-0.4, -0.2) is 52.0 Å². The second-order valence-corrected chi connectivity index (χ2v) is 8.24. The molecule has 0 saturated heterocycles. The van der Waals surface area contributed by atoms with Crippen molar-refractivity contribution in [1.29, 1.82) is 0 Å². The van der Waals surface area contributed by atoms with E-state index in [1.165, 1.54) is 18.3 Å². The summed E-state index contributed by atoms with van der Waals surface area (Å²) in [6, 6.07) is 16.8. The number of imidazole rings is 1. The lowest BCUT2D eigenvalue weighted by Crippen LogP contribution is -2.63. The van der Waals surface area contributed by atoms with Crippen molar-refractivity contribution in [2.45, 2.75) is 32.1 Å². The number of carbonyl (C=O) groups is 3. The van der Waals surface area contributed by atoms with Crippen molar-refractivity contribution in [3.05, 3.63) is 83.4 Å². The molecule has 0 fully saturated rings. The van der Waals surface area contributed by atoms with Crippen molar-refractivity contribution in [1.82, 2.24) is 19.8 Å². The number of methoxy groups -OCH3 is 2. The molecule has 176 valence electrons. The van der Waals surface area contributed by atoms with E-state index in [2.05, 4.69) is 10.3 Å². The van der Waals surface area contributed by atoms with Crippen LogP contribution in [0.1, 0.15) is 39.0 Å². The van der Waals surface area contributed by atoms with E-state index < -0.39 is 17.4 Å². The van der Waals surface area contributed by atoms with Gasteiger partial charge in [-0.3, -0.25) is 9.59 Å². The molecule has 1 N–H and O–H groups in total. The predicted molar refractivity (Wildman–Crippen MR) is 123 cm³/mol. The largest absolute Gasteiger partial charge is 0.497 e. The van der Waals surface area contributed by atoms with E-state index >= 15 is 0 Å². The molecular formula is C25H26N4O5. The number of ether oxygens (including phenoxy) is 2. The van der Waals surface area contributed by atoms with Crippen LogP contribution in [-0.2, 0) is 29.2 Å². The van der Waals surface area contributed by atoms with Crippen LogP contribution in [0.15, 0.2) is 60.9 Å². The van der Waals surface area contributed by atoms with Crippen molar-refractivity contribution in [2.24, 2.45) is 0 Å². The zero-order valence-electron chi connectivity index (χ0n) is 19.3. The minimum absolute atomic E-state index is 0.0704. The second-order valence-electron chi connectivity index (χ2n) is 8.24. The lowest BCUT2D eigenvalue weighted by molar-refractivity contribution is -0.133. The van der Waals surface area contributed by atoms with Gasteiger partial charge in [0.1, 0.15) is 17.0 Å². The number of amides is 2. The first-order valence-corrected chi connectivity index (χ1v) is 10.8. The molecule has 9 nitrogen and oxygen atoms in total. The van der Waals surface area contributed by atoms with Crippen molar-refractivity contribution in [3.63, 3.8) is 0 Å². The summed E-state index contributed by atoms with van der Waals surface area (Å²) >= 11 is 0. The highest BCUT2D eigenvalue weighted by molar-refractivity contribution is 6.06. The number of rotatable bonds is 7. The maximum Gasteiger partial charge on any atom is 0.359 e. The van der Waals surface area contributed by atoms with E-state index in [0.717, 1.165) is 11.1 Å². The number of aromatic nitrogens is 2. The standard InChI is InChI=1S/C25H26N4O5/c1-25(24(32)26-13-17-7-5-4-6-8-17)15-28-16-27-20(23(31)34-3)21(28)22(30)29(25)14-18-9-11-19(33-2)12-10-18/h4-12,16H,13-15H2,1-3H3,(H,26,32). The van der Waals surface area contributed by atoms with Gasteiger partial charge in [-0.2, -0.15) is 0 Å². The van der Waals surface area contributed by atoms with Gasteiger partial charge in [0, 0.05) is 13.1 Å². The summed E-state index contributed by atoms with van der Waals surface area (Å²) in [5, 5.41) is 2.96. The summed E-state index contributed by atoms with van der Waals surface area (Å²) in [5.41, 5.74) is 0.559. The average molecular weight is 463 g/mol. The van der Waals surface area contributed by atoms with Crippen LogP contribution in [0.3, 0.4) is 0 Å². The molecular weight excluding hydrogens is 436 g/mol. The summed E-state index contributed by atoms with van der Waals surface area (Å²) in [7, 11) is 2.81. The minimum Gasteiger partial charge on any atom is -0.497 e. The lowest BCUT2D eigenvalue weighted by atomic mass is 9.93. The predicted octanol–water partition coefficient (Wildman–Crippen LogP) is 2.41. The topological polar surface area (TPSA) is 103 Å². The van der Waals surface area contributed by atoms with Crippen molar-refractivity contribution >= 4 is 17.8 Å². The number of nitrogens with zero attached hydrogens (tertiary/aromatic N) is 3. The number of nitrogens with one attached hydrogen (secondary N) is 1. The third-order valence-electron chi connectivity index (χ3n) is 6.02. The van der Waals surface area contributed by atoms with Gasteiger partial charge in [-0.1, -0.05) is 42.5 Å². The van der Waals surface area contributed by atoms with Crippen LogP contribution < -0.4 is 10.1 Å².